The van der Waals surface area contributed by atoms with E-state index in [1.54, 1.807) is 0 Å². The highest BCUT2D eigenvalue weighted by Gasteiger charge is 2.35. The topological polar surface area (TPSA) is 160 Å². The quantitative estimate of drug-likeness (QED) is 0.484. The molecule has 2 amide bonds. The van der Waals surface area contributed by atoms with Gasteiger partial charge in [-0.25, -0.2) is 0 Å². The van der Waals surface area contributed by atoms with Crippen LogP contribution in [0.4, 0.5) is 23.1 Å². The van der Waals surface area contributed by atoms with E-state index in [4.69, 9.17) is 4.74 Å². The SMILES string of the molecule is O=C1C[C@H](C(=O)Nc2cccc([N+](=O)[O-])c2)c2c(nc(N3CCOCC3)[nH]c2=O)N1. The Morgan fingerprint density at radius 3 is 2.80 bits per heavy atom. The van der Waals surface area contributed by atoms with Gasteiger partial charge in [0, 0.05) is 37.3 Å². The first-order valence-corrected chi connectivity index (χ1v) is 9.24. The Bertz CT molecular complexity index is 1080. The van der Waals surface area contributed by atoms with Gasteiger partial charge in [-0.05, 0) is 6.07 Å². The van der Waals surface area contributed by atoms with Crippen molar-refractivity contribution in [1.82, 2.24) is 9.97 Å². The second-order valence-corrected chi connectivity index (χ2v) is 6.85. The summed E-state index contributed by atoms with van der Waals surface area (Å²) in [6.07, 6.45) is -0.241. The molecule has 1 fully saturated rings. The van der Waals surface area contributed by atoms with Crippen LogP contribution in [0.3, 0.4) is 0 Å². The van der Waals surface area contributed by atoms with E-state index in [2.05, 4.69) is 20.6 Å². The van der Waals surface area contributed by atoms with Crippen LogP contribution in [-0.4, -0.2) is 53.0 Å². The van der Waals surface area contributed by atoms with Crippen molar-refractivity contribution in [3.8, 4) is 0 Å². The van der Waals surface area contributed by atoms with Gasteiger partial charge in [-0.2, -0.15) is 4.98 Å². The van der Waals surface area contributed by atoms with Crippen LogP contribution < -0.4 is 21.1 Å². The zero-order valence-corrected chi connectivity index (χ0v) is 15.7. The minimum Gasteiger partial charge on any atom is -0.378 e. The highest BCUT2D eigenvalue weighted by Crippen LogP contribution is 2.30. The number of non-ortho nitro benzene ring substituents is 1. The maximum absolute atomic E-state index is 12.8. The van der Waals surface area contributed by atoms with Crippen LogP contribution in [0.5, 0.6) is 0 Å². The Morgan fingerprint density at radius 2 is 2.07 bits per heavy atom. The number of ether oxygens (including phenoxy) is 1. The number of H-pyrrole nitrogens is 1. The van der Waals surface area contributed by atoms with Gasteiger partial charge < -0.3 is 20.3 Å². The number of nitro groups is 1. The van der Waals surface area contributed by atoms with Gasteiger partial charge in [0.05, 0.1) is 29.6 Å². The number of nitrogens with one attached hydrogen (secondary N) is 3. The summed E-state index contributed by atoms with van der Waals surface area (Å²) in [6.45, 7) is 2.04. The van der Waals surface area contributed by atoms with Crippen molar-refractivity contribution >= 4 is 35.0 Å². The first-order chi connectivity index (χ1) is 14.4. The summed E-state index contributed by atoms with van der Waals surface area (Å²) in [5, 5.41) is 16.0. The van der Waals surface area contributed by atoms with Crippen molar-refractivity contribution in [3.05, 3.63) is 50.3 Å². The Hall–Kier alpha value is -3.80. The minimum atomic E-state index is -1.08. The average Bonchev–Trinajstić information content (AvgIpc) is 2.73. The van der Waals surface area contributed by atoms with Gasteiger partial charge in [-0.1, -0.05) is 6.07 Å². The number of aromatic amines is 1. The molecule has 30 heavy (non-hydrogen) atoms. The number of rotatable bonds is 4. The number of nitro benzene ring substituents is 1. The van der Waals surface area contributed by atoms with E-state index >= 15 is 0 Å². The minimum absolute atomic E-state index is 0.0377. The molecular weight excluding hydrogens is 396 g/mol. The van der Waals surface area contributed by atoms with Crippen molar-refractivity contribution in [2.45, 2.75) is 12.3 Å². The van der Waals surface area contributed by atoms with Gasteiger partial charge in [0.2, 0.25) is 17.8 Å². The van der Waals surface area contributed by atoms with Crippen LogP contribution in [-0.2, 0) is 14.3 Å². The molecule has 156 valence electrons. The fraction of sp³-hybridized carbons (Fsp3) is 0.333. The molecule has 4 rings (SSSR count). The van der Waals surface area contributed by atoms with E-state index in [0.717, 1.165) is 0 Å². The zero-order valence-electron chi connectivity index (χ0n) is 15.7. The Kier molecular flexibility index (Phi) is 5.14. The number of morpholine rings is 1. The van der Waals surface area contributed by atoms with E-state index in [9.17, 15) is 24.5 Å². The first-order valence-electron chi connectivity index (χ1n) is 9.24. The van der Waals surface area contributed by atoms with Gasteiger partial charge in [-0.15, -0.1) is 0 Å². The molecule has 3 N–H and O–H groups in total. The molecule has 1 atom stereocenters. The van der Waals surface area contributed by atoms with Gasteiger partial charge in [0.25, 0.3) is 11.2 Å². The summed E-state index contributed by atoms with van der Waals surface area (Å²) < 4.78 is 5.28. The molecule has 0 spiro atoms. The summed E-state index contributed by atoms with van der Waals surface area (Å²) in [5.41, 5.74) is -0.476. The summed E-state index contributed by atoms with van der Waals surface area (Å²) in [5.74, 6) is -1.83. The monoisotopic (exact) mass is 414 g/mol. The van der Waals surface area contributed by atoms with Gasteiger partial charge >= 0.3 is 0 Å². The highest BCUT2D eigenvalue weighted by molar-refractivity contribution is 6.04. The molecule has 0 radical (unpaired) electrons. The van der Waals surface area contributed by atoms with E-state index in [1.165, 1.54) is 24.3 Å². The molecule has 2 aliphatic heterocycles. The second-order valence-electron chi connectivity index (χ2n) is 6.85. The second kappa shape index (κ2) is 7.91. The molecule has 12 heteroatoms. The molecule has 1 saturated heterocycles. The largest absolute Gasteiger partial charge is 0.378 e. The van der Waals surface area contributed by atoms with Crippen LogP contribution in [0.25, 0.3) is 0 Å². The normalized spacial score (nSPS) is 18.3. The molecule has 0 unspecified atom stereocenters. The molecule has 3 heterocycles. The molecule has 1 aromatic carbocycles. The standard InChI is InChI=1S/C18H18N6O6/c25-13-9-12(16(26)19-10-2-1-3-11(8-10)24(28)29)14-15(20-13)21-18(22-17(14)27)23-4-6-30-7-5-23/h1-3,8,12H,4-7,9H2,(H,19,26)(H2,20,21,22,25,27)/t12-/m0/s1. The fourth-order valence-electron chi connectivity index (χ4n) is 3.43. The lowest BCUT2D eigenvalue weighted by Gasteiger charge is -2.29. The van der Waals surface area contributed by atoms with Crippen LogP contribution in [0.2, 0.25) is 0 Å². The molecule has 2 aromatic rings. The van der Waals surface area contributed by atoms with Crippen molar-refractivity contribution in [1.29, 1.82) is 0 Å². The third-order valence-electron chi connectivity index (χ3n) is 4.89. The van der Waals surface area contributed by atoms with E-state index in [0.29, 0.717) is 32.3 Å². The zero-order chi connectivity index (χ0) is 21.3. The number of aromatic nitrogens is 2. The van der Waals surface area contributed by atoms with Crippen molar-refractivity contribution in [2.24, 2.45) is 0 Å². The predicted molar refractivity (Wildman–Crippen MR) is 106 cm³/mol. The van der Waals surface area contributed by atoms with Crippen molar-refractivity contribution in [3.63, 3.8) is 0 Å². The smallest absolute Gasteiger partial charge is 0.271 e. The molecule has 2 aliphatic rings. The van der Waals surface area contributed by atoms with E-state index in [-0.39, 0.29) is 29.2 Å². The fourth-order valence-corrected chi connectivity index (χ4v) is 3.43. The van der Waals surface area contributed by atoms with Crippen molar-refractivity contribution in [2.75, 3.05) is 41.8 Å². The number of carbonyl (C=O) groups excluding carboxylic acids is 2. The van der Waals surface area contributed by atoms with Crippen LogP contribution in [0, 0.1) is 10.1 Å². The number of hydrogen-bond donors (Lipinski definition) is 3. The summed E-state index contributed by atoms with van der Waals surface area (Å²) >= 11 is 0. The molecule has 0 bridgehead atoms. The van der Waals surface area contributed by atoms with Gasteiger partial charge in [0.15, 0.2) is 0 Å². The Balaban J connectivity index is 1.63. The Morgan fingerprint density at radius 1 is 1.30 bits per heavy atom. The molecule has 1 aromatic heterocycles. The van der Waals surface area contributed by atoms with E-state index in [1.807, 2.05) is 4.90 Å². The average molecular weight is 414 g/mol. The number of benzene rings is 1. The maximum atomic E-state index is 12.8. The molecular formula is C18H18N6O6. The lowest BCUT2D eigenvalue weighted by molar-refractivity contribution is -0.384. The number of nitrogens with zero attached hydrogens (tertiary/aromatic N) is 3. The maximum Gasteiger partial charge on any atom is 0.271 e. The van der Waals surface area contributed by atoms with Gasteiger partial charge in [-0.3, -0.25) is 29.5 Å². The number of anilines is 3. The third-order valence-corrected chi connectivity index (χ3v) is 4.89. The molecule has 0 aliphatic carbocycles. The summed E-state index contributed by atoms with van der Waals surface area (Å²) in [7, 11) is 0. The first kappa shape index (κ1) is 19.5. The van der Waals surface area contributed by atoms with Crippen LogP contribution >= 0.6 is 0 Å². The van der Waals surface area contributed by atoms with E-state index < -0.39 is 28.2 Å². The van der Waals surface area contributed by atoms with Crippen molar-refractivity contribution < 1.29 is 19.2 Å². The number of hydrogen-bond acceptors (Lipinski definition) is 8. The molecule has 12 nitrogen and oxygen atoms in total. The van der Waals surface area contributed by atoms with Crippen LogP contribution in [0.15, 0.2) is 29.1 Å². The van der Waals surface area contributed by atoms with Crippen LogP contribution in [0.1, 0.15) is 17.9 Å². The lowest BCUT2D eigenvalue weighted by atomic mass is 9.92. The lowest BCUT2D eigenvalue weighted by Crippen LogP contribution is -2.41. The summed E-state index contributed by atoms with van der Waals surface area (Å²) in [6, 6.07) is 5.41. The molecule has 0 saturated carbocycles. The number of carbonyl (C=O) groups is 2. The van der Waals surface area contributed by atoms with Gasteiger partial charge in [0.1, 0.15) is 5.82 Å². The Labute approximate surface area is 169 Å². The summed E-state index contributed by atoms with van der Waals surface area (Å²) in [4.78, 5) is 57.0. The highest BCUT2D eigenvalue weighted by atomic mass is 16.6. The predicted octanol–water partition coefficient (Wildman–Crippen LogP) is 0.579. The third kappa shape index (κ3) is 3.85. The number of fused-ring (bicyclic) bond motifs is 1. The number of amides is 2.